The molecule has 0 aliphatic carbocycles. The van der Waals surface area contributed by atoms with Gasteiger partial charge in [-0.15, -0.1) is 0 Å². The maximum Gasteiger partial charge on any atom is 0.0431 e. The Bertz CT molecular complexity index is 382. The first-order valence-corrected chi connectivity index (χ1v) is 8.41. The summed E-state index contributed by atoms with van der Waals surface area (Å²) in [5, 5.41) is 8.85. The topological polar surface area (TPSA) is 26.7 Å². The van der Waals surface area contributed by atoms with E-state index in [0.717, 1.165) is 25.9 Å². The summed E-state index contributed by atoms with van der Waals surface area (Å²) < 4.78 is 0. The van der Waals surface area contributed by atoms with E-state index in [9.17, 15) is 0 Å². The molecule has 3 heteroatoms. The lowest BCUT2D eigenvalue weighted by Crippen LogP contribution is -2.39. The van der Waals surface area contributed by atoms with Crippen molar-refractivity contribution in [2.45, 2.75) is 45.2 Å². The molecule has 1 aliphatic heterocycles. The predicted molar refractivity (Wildman–Crippen MR) is 88.3 cm³/mol. The number of aliphatic hydroxyl groups is 1. The van der Waals surface area contributed by atoms with E-state index >= 15 is 0 Å². The average molecular weight is 290 g/mol. The van der Waals surface area contributed by atoms with Crippen LogP contribution in [0, 0.1) is 0 Å². The fourth-order valence-electron chi connectivity index (χ4n) is 3.22. The van der Waals surface area contributed by atoms with Gasteiger partial charge in [0.2, 0.25) is 0 Å². The SMILES string of the molecule is C[C@H]1CN(Cc2ccccc2)CCCN1CCCCCO. The Hall–Kier alpha value is -0.900. The van der Waals surface area contributed by atoms with Crippen LogP contribution in [0.3, 0.4) is 0 Å². The highest BCUT2D eigenvalue weighted by Gasteiger charge is 2.20. The number of nitrogens with zero attached hydrogens (tertiary/aromatic N) is 2. The number of hydrogen-bond acceptors (Lipinski definition) is 3. The van der Waals surface area contributed by atoms with Crippen LogP contribution in [-0.4, -0.2) is 53.7 Å². The van der Waals surface area contributed by atoms with Gasteiger partial charge in [-0.1, -0.05) is 30.3 Å². The monoisotopic (exact) mass is 290 g/mol. The van der Waals surface area contributed by atoms with Crippen LogP contribution in [0.1, 0.15) is 38.2 Å². The fraction of sp³-hybridized carbons (Fsp3) is 0.667. The van der Waals surface area contributed by atoms with Crippen LogP contribution in [0.5, 0.6) is 0 Å². The van der Waals surface area contributed by atoms with Crippen molar-refractivity contribution >= 4 is 0 Å². The Morgan fingerprint density at radius 3 is 2.67 bits per heavy atom. The van der Waals surface area contributed by atoms with E-state index in [-0.39, 0.29) is 0 Å². The highest BCUT2D eigenvalue weighted by Crippen LogP contribution is 2.14. The van der Waals surface area contributed by atoms with Gasteiger partial charge in [0.1, 0.15) is 0 Å². The Balaban J connectivity index is 1.78. The molecule has 0 bridgehead atoms. The zero-order chi connectivity index (χ0) is 14.9. The van der Waals surface area contributed by atoms with E-state index in [1.54, 1.807) is 0 Å². The molecule has 3 nitrogen and oxygen atoms in total. The first-order chi connectivity index (χ1) is 10.3. The molecular weight excluding hydrogens is 260 g/mol. The summed E-state index contributed by atoms with van der Waals surface area (Å²) in [6.45, 7) is 8.52. The third-order valence-corrected chi connectivity index (χ3v) is 4.42. The van der Waals surface area contributed by atoms with Crippen LogP contribution in [0.2, 0.25) is 0 Å². The fourth-order valence-corrected chi connectivity index (χ4v) is 3.22. The van der Waals surface area contributed by atoms with Gasteiger partial charge in [0.05, 0.1) is 0 Å². The third kappa shape index (κ3) is 5.77. The number of benzene rings is 1. The van der Waals surface area contributed by atoms with Crippen molar-refractivity contribution in [3.63, 3.8) is 0 Å². The van der Waals surface area contributed by atoms with Gasteiger partial charge < -0.3 is 5.11 Å². The third-order valence-electron chi connectivity index (χ3n) is 4.42. The Labute approximate surface area is 129 Å². The summed E-state index contributed by atoms with van der Waals surface area (Å²) in [6.07, 6.45) is 4.57. The second kappa shape index (κ2) is 9.19. The summed E-state index contributed by atoms with van der Waals surface area (Å²) in [6, 6.07) is 11.4. The van der Waals surface area contributed by atoms with Crippen molar-refractivity contribution in [2.24, 2.45) is 0 Å². The second-order valence-corrected chi connectivity index (χ2v) is 6.24. The number of hydrogen-bond donors (Lipinski definition) is 1. The number of aliphatic hydroxyl groups excluding tert-OH is 1. The molecule has 2 rings (SSSR count). The van der Waals surface area contributed by atoms with E-state index in [1.165, 1.54) is 38.0 Å². The normalized spacial score (nSPS) is 21.3. The molecule has 118 valence electrons. The van der Waals surface area contributed by atoms with Crippen molar-refractivity contribution in [1.82, 2.24) is 9.80 Å². The zero-order valence-electron chi connectivity index (χ0n) is 13.4. The molecule has 1 aromatic carbocycles. The quantitative estimate of drug-likeness (QED) is 0.782. The minimum Gasteiger partial charge on any atom is -0.396 e. The van der Waals surface area contributed by atoms with Gasteiger partial charge in [-0.05, 0) is 57.8 Å². The van der Waals surface area contributed by atoms with Gasteiger partial charge in [0.25, 0.3) is 0 Å². The molecule has 0 spiro atoms. The summed E-state index contributed by atoms with van der Waals surface area (Å²) >= 11 is 0. The molecule has 1 N–H and O–H groups in total. The summed E-state index contributed by atoms with van der Waals surface area (Å²) in [7, 11) is 0. The first kappa shape index (κ1) is 16.5. The van der Waals surface area contributed by atoms with Crippen molar-refractivity contribution in [3.8, 4) is 0 Å². The lowest BCUT2D eigenvalue weighted by atomic mass is 10.2. The maximum atomic E-state index is 8.85. The molecular formula is C18H30N2O. The van der Waals surface area contributed by atoms with Crippen LogP contribution >= 0.6 is 0 Å². The lowest BCUT2D eigenvalue weighted by molar-refractivity contribution is 0.183. The van der Waals surface area contributed by atoms with Gasteiger partial charge in [0.15, 0.2) is 0 Å². The van der Waals surface area contributed by atoms with E-state index in [4.69, 9.17) is 5.11 Å². The van der Waals surface area contributed by atoms with Gasteiger partial charge in [-0.3, -0.25) is 9.80 Å². The summed E-state index contributed by atoms with van der Waals surface area (Å²) in [5.74, 6) is 0. The summed E-state index contributed by atoms with van der Waals surface area (Å²) in [5.41, 5.74) is 1.42. The van der Waals surface area contributed by atoms with Crippen LogP contribution in [0.4, 0.5) is 0 Å². The second-order valence-electron chi connectivity index (χ2n) is 6.24. The maximum absolute atomic E-state index is 8.85. The van der Waals surface area contributed by atoms with E-state index in [1.807, 2.05) is 0 Å². The summed E-state index contributed by atoms with van der Waals surface area (Å²) in [4.78, 5) is 5.22. The molecule has 1 heterocycles. The average Bonchev–Trinajstić information content (AvgIpc) is 2.66. The van der Waals surface area contributed by atoms with Crippen molar-refractivity contribution in [3.05, 3.63) is 35.9 Å². The molecule has 0 aromatic heterocycles. The minimum atomic E-state index is 0.334. The number of rotatable bonds is 7. The van der Waals surface area contributed by atoms with Gasteiger partial charge in [0, 0.05) is 25.7 Å². The van der Waals surface area contributed by atoms with Crippen LogP contribution in [0.25, 0.3) is 0 Å². The molecule has 0 amide bonds. The van der Waals surface area contributed by atoms with E-state index < -0.39 is 0 Å². The largest absolute Gasteiger partial charge is 0.396 e. The molecule has 1 saturated heterocycles. The smallest absolute Gasteiger partial charge is 0.0431 e. The first-order valence-electron chi connectivity index (χ1n) is 8.41. The van der Waals surface area contributed by atoms with E-state index in [2.05, 4.69) is 47.1 Å². The Kier molecular flexibility index (Phi) is 7.20. The number of unbranched alkanes of at least 4 members (excludes halogenated alkanes) is 2. The van der Waals surface area contributed by atoms with Crippen molar-refractivity contribution in [2.75, 3.05) is 32.8 Å². The standard InChI is InChI=1S/C18H30N2O/c1-17-15-19(16-18-9-4-2-5-10-18)11-8-13-20(17)12-6-3-7-14-21/h2,4-5,9-10,17,21H,3,6-8,11-16H2,1H3/t17-/m0/s1. The lowest BCUT2D eigenvalue weighted by Gasteiger charge is -2.29. The van der Waals surface area contributed by atoms with Crippen LogP contribution < -0.4 is 0 Å². The molecule has 1 aliphatic rings. The Morgan fingerprint density at radius 2 is 1.90 bits per heavy atom. The highest BCUT2D eigenvalue weighted by atomic mass is 16.2. The Morgan fingerprint density at radius 1 is 1.10 bits per heavy atom. The van der Waals surface area contributed by atoms with Crippen molar-refractivity contribution < 1.29 is 5.11 Å². The van der Waals surface area contributed by atoms with Gasteiger partial charge >= 0.3 is 0 Å². The zero-order valence-corrected chi connectivity index (χ0v) is 13.4. The molecule has 0 unspecified atom stereocenters. The van der Waals surface area contributed by atoms with Gasteiger partial charge in [-0.25, -0.2) is 0 Å². The highest BCUT2D eigenvalue weighted by molar-refractivity contribution is 5.14. The molecule has 0 radical (unpaired) electrons. The van der Waals surface area contributed by atoms with E-state index in [0.29, 0.717) is 12.6 Å². The van der Waals surface area contributed by atoms with Crippen LogP contribution in [0.15, 0.2) is 30.3 Å². The van der Waals surface area contributed by atoms with Gasteiger partial charge in [-0.2, -0.15) is 0 Å². The van der Waals surface area contributed by atoms with Crippen LogP contribution in [-0.2, 0) is 6.54 Å². The minimum absolute atomic E-state index is 0.334. The molecule has 0 saturated carbocycles. The molecule has 1 aromatic rings. The predicted octanol–water partition coefficient (Wildman–Crippen LogP) is 2.75. The van der Waals surface area contributed by atoms with Crippen molar-refractivity contribution in [1.29, 1.82) is 0 Å². The molecule has 21 heavy (non-hydrogen) atoms. The molecule has 1 fully saturated rings. The molecule has 1 atom stereocenters.